The number of rotatable bonds is 12. The smallest absolute Gasteiger partial charge is 0.253 e. The summed E-state index contributed by atoms with van der Waals surface area (Å²) in [4.78, 5) is 37.2. The van der Waals surface area contributed by atoms with Crippen LogP contribution in [0.25, 0.3) is 20.8 Å². The number of thiazole rings is 1. The van der Waals surface area contributed by atoms with Crippen LogP contribution in [0.2, 0.25) is 0 Å². The van der Waals surface area contributed by atoms with Crippen LogP contribution in [0.4, 0.5) is 17.6 Å². The average Bonchev–Trinajstić information content (AvgIpc) is 3.37. The molecule has 4 rings (SSSR count). The molecule has 0 bridgehead atoms. The molecule has 0 radical (unpaired) electrons. The van der Waals surface area contributed by atoms with E-state index in [0.29, 0.717) is 36.2 Å². The Labute approximate surface area is 233 Å². The number of aryl methyl sites for hydroxylation is 1. The fourth-order valence-corrected chi connectivity index (χ4v) is 4.97. The summed E-state index contributed by atoms with van der Waals surface area (Å²) < 4.78 is 0.959. The summed E-state index contributed by atoms with van der Waals surface area (Å²) in [6, 6.07) is 11.4. The van der Waals surface area contributed by atoms with Crippen LogP contribution < -0.4 is 10.2 Å². The van der Waals surface area contributed by atoms with Crippen molar-refractivity contribution in [1.29, 1.82) is 0 Å². The van der Waals surface area contributed by atoms with Gasteiger partial charge in [-0.1, -0.05) is 19.1 Å². The van der Waals surface area contributed by atoms with Crippen LogP contribution >= 0.6 is 11.3 Å². The maximum Gasteiger partial charge on any atom is 0.253 e. The van der Waals surface area contributed by atoms with Gasteiger partial charge in [-0.15, -0.1) is 11.3 Å². The van der Waals surface area contributed by atoms with Crippen LogP contribution in [0.1, 0.15) is 29.9 Å². The van der Waals surface area contributed by atoms with Gasteiger partial charge in [-0.3, -0.25) is 9.69 Å². The first-order valence-corrected chi connectivity index (χ1v) is 13.9. The minimum atomic E-state index is -0.00776. The molecular formula is C28H36N8O2S. The molecule has 1 aromatic carbocycles. The molecule has 4 aromatic rings. The first-order chi connectivity index (χ1) is 18.8. The van der Waals surface area contributed by atoms with E-state index in [0.717, 1.165) is 46.1 Å². The number of aliphatic hydroxyl groups excluding tert-OH is 1. The number of hydrogen-bond donors (Lipinski definition) is 2. The monoisotopic (exact) mass is 548 g/mol. The van der Waals surface area contributed by atoms with Crippen molar-refractivity contribution in [2.75, 3.05) is 63.6 Å². The zero-order valence-corrected chi connectivity index (χ0v) is 24.0. The maximum absolute atomic E-state index is 12.6. The minimum Gasteiger partial charge on any atom is -0.395 e. The van der Waals surface area contributed by atoms with E-state index in [2.05, 4.69) is 27.1 Å². The molecule has 0 aliphatic rings. The number of fused-ring (bicyclic) bond motifs is 1. The van der Waals surface area contributed by atoms with Gasteiger partial charge in [0, 0.05) is 75.4 Å². The van der Waals surface area contributed by atoms with Gasteiger partial charge in [0.25, 0.3) is 5.91 Å². The Morgan fingerprint density at radius 2 is 1.82 bits per heavy atom. The van der Waals surface area contributed by atoms with Crippen molar-refractivity contribution in [3.63, 3.8) is 0 Å². The summed E-state index contributed by atoms with van der Waals surface area (Å²) >= 11 is 1.54. The Kier molecular flexibility index (Phi) is 9.39. The predicted octanol–water partition coefficient (Wildman–Crippen LogP) is 4.04. The van der Waals surface area contributed by atoms with Crippen molar-refractivity contribution in [3.8, 4) is 10.6 Å². The van der Waals surface area contributed by atoms with Crippen LogP contribution in [0.3, 0.4) is 0 Å². The standard InChI is InChI=1S/C28H36N8O2S/c1-6-34(4)27(38)21-10-8-9-20(16-21)26-31-22-17-24(29-18-23(22)39-26)32-25-15-19(3)30-28(33-25)35(5)11-12-36(7-2)13-14-37/h8-10,15-18,37H,6-7,11-14H2,1-5H3,(H,29,30,32,33). The molecule has 3 aromatic heterocycles. The Bertz CT molecular complexity index is 1430. The lowest BCUT2D eigenvalue weighted by molar-refractivity contribution is 0.0802. The maximum atomic E-state index is 12.6. The van der Waals surface area contributed by atoms with Gasteiger partial charge in [0.2, 0.25) is 5.95 Å². The van der Waals surface area contributed by atoms with E-state index in [1.165, 1.54) is 0 Å². The summed E-state index contributed by atoms with van der Waals surface area (Å²) in [5.74, 6) is 1.91. The zero-order chi connectivity index (χ0) is 27.9. The predicted molar refractivity (Wildman–Crippen MR) is 158 cm³/mol. The third kappa shape index (κ3) is 7.05. The summed E-state index contributed by atoms with van der Waals surface area (Å²) in [5.41, 5.74) is 3.21. The number of aromatic nitrogens is 4. The quantitative estimate of drug-likeness (QED) is 0.271. The molecule has 0 unspecified atom stereocenters. The lowest BCUT2D eigenvalue weighted by atomic mass is 10.1. The van der Waals surface area contributed by atoms with Crippen molar-refractivity contribution < 1.29 is 9.90 Å². The summed E-state index contributed by atoms with van der Waals surface area (Å²) in [7, 11) is 3.77. The number of likely N-dealkylation sites (N-methyl/N-ethyl adjacent to an activating group) is 2. The highest BCUT2D eigenvalue weighted by atomic mass is 32.1. The fraction of sp³-hybridized carbons (Fsp3) is 0.393. The van der Waals surface area contributed by atoms with Gasteiger partial charge < -0.3 is 20.2 Å². The largest absolute Gasteiger partial charge is 0.395 e. The number of carbonyl (C=O) groups excluding carboxylic acids is 1. The molecule has 0 fully saturated rings. The van der Waals surface area contributed by atoms with E-state index in [-0.39, 0.29) is 12.5 Å². The van der Waals surface area contributed by atoms with E-state index in [1.54, 1.807) is 29.5 Å². The van der Waals surface area contributed by atoms with Gasteiger partial charge in [0.05, 0.1) is 16.8 Å². The number of amides is 1. The van der Waals surface area contributed by atoms with Crippen molar-refractivity contribution in [2.24, 2.45) is 0 Å². The summed E-state index contributed by atoms with van der Waals surface area (Å²) in [6.07, 6.45) is 1.81. The molecule has 0 atom stereocenters. The number of hydrogen-bond acceptors (Lipinski definition) is 10. The molecule has 0 saturated heterocycles. The minimum absolute atomic E-state index is 0.00776. The number of carbonyl (C=O) groups is 1. The Morgan fingerprint density at radius 1 is 1.00 bits per heavy atom. The number of nitrogens with zero attached hydrogens (tertiary/aromatic N) is 7. The molecule has 39 heavy (non-hydrogen) atoms. The van der Waals surface area contributed by atoms with Crippen LogP contribution in [0.15, 0.2) is 42.6 Å². The molecule has 2 N–H and O–H groups in total. The van der Waals surface area contributed by atoms with Crippen molar-refractivity contribution in [1.82, 2.24) is 29.7 Å². The second kappa shape index (κ2) is 12.9. The highest BCUT2D eigenvalue weighted by molar-refractivity contribution is 7.21. The SMILES string of the molecule is CCN(CCO)CCN(C)c1nc(C)cc(Nc2cc3nc(-c4cccc(C(=O)N(C)CC)c4)sc3cn2)n1. The molecule has 3 heterocycles. The number of benzene rings is 1. The normalized spacial score (nSPS) is 11.3. The molecule has 0 saturated carbocycles. The molecule has 206 valence electrons. The molecule has 0 aliphatic heterocycles. The van der Waals surface area contributed by atoms with Gasteiger partial charge >= 0.3 is 0 Å². The third-order valence-electron chi connectivity index (χ3n) is 6.51. The Morgan fingerprint density at radius 3 is 2.56 bits per heavy atom. The highest BCUT2D eigenvalue weighted by Gasteiger charge is 2.14. The van der Waals surface area contributed by atoms with E-state index in [4.69, 9.17) is 9.97 Å². The van der Waals surface area contributed by atoms with Gasteiger partial charge in [0.1, 0.15) is 16.6 Å². The van der Waals surface area contributed by atoms with E-state index in [9.17, 15) is 9.90 Å². The Hall–Kier alpha value is -3.67. The number of anilines is 3. The average molecular weight is 549 g/mol. The number of pyridine rings is 1. The lowest BCUT2D eigenvalue weighted by Crippen LogP contribution is -2.35. The van der Waals surface area contributed by atoms with Gasteiger partial charge in [-0.05, 0) is 32.5 Å². The molecule has 0 spiro atoms. The van der Waals surface area contributed by atoms with Gasteiger partial charge in [0.15, 0.2) is 0 Å². The topological polar surface area (TPSA) is 111 Å². The number of nitrogens with one attached hydrogen (secondary N) is 1. The second-order valence-electron chi connectivity index (χ2n) is 9.36. The molecule has 10 nitrogen and oxygen atoms in total. The van der Waals surface area contributed by atoms with E-state index < -0.39 is 0 Å². The first-order valence-electron chi connectivity index (χ1n) is 13.1. The van der Waals surface area contributed by atoms with Crippen molar-refractivity contribution in [3.05, 3.63) is 53.9 Å². The number of aliphatic hydroxyl groups is 1. The second-order valence-corrected chi connectivity index (χ2v) is 10.4. The van der Waals surface area contributed by atoms with E-state index >= 15 is 0 Å². The fourth-order valence-electron chi connectivity index (χ4n) is 4.06. The zero-order valence-electron chi connectivity index (χ0n) is 23.2. The molecule has 1 amide bonds. The van der Waals surface area contributed by atoms with Gasteiger partial charge in [-0.2, -0.15) is 4.98 Å². The Balaban J connectivity index is 1.51. The van der Waals surface area contributed by atoms with Gasteiger partial charge in [-0.25, -0.2) is 15.0 Å². The highest BCUT2D eigenvalue weighted by Crippen LogP contribution is 2.32. The van der Waals surface area contributed by atoms with E-state index in [1.807, 2.05) is 62.2 Å². The van der Waals surface area contributed by atoms with Crippen molar-refractivity contribution in [2.45, 2.75) is 20.8 Å². The van der Waals surface area contributed by atoms with Crippen LogP contribution in [-0.2, 0) is 0 Å². The summed E-state index contributed by atoms with van der Waals surface area (Å²) in [5, 5.41) is 13.4. The van der Waals surface area contributed by atoms with Crippen LogP contribution in [-0.4, -0.2) is 94.2 Å². The summed E-state index contributed by atoms with van der Waals surface area (Å²) in [6.45, 7) is 9.85. The van der Waals surface area contributed by atoms with Crippen LogP contribution in [0.5, 0.6) is 0 Å². The first kappa shape index (κ1) is 28.3. The molecular weight excluding hydrogens is 512 g/mol. The third-order valence-corrected chi connectivity index (χ3v) is 7.56. The van der Waals surface area contributed by atoms with Crippen LogP contribution in [0, 0.1) is 6.92 Å². The molecule has 0 aliphatic carbocycles. The lowest BCUT2D eigenvalue weighted by Gasteiger charge is -2.24. The molecule has 11 heteroatoms. The van der Waals surface area contributed by atoms with Crippen molar-refractivity contribution >= 4 is 45.0 Å².